The van der Waals surface area contributed by atoms with E-state index in [2.05, 4.69) is 41.8 Å². The number of hydrogen-bond donors (Lipinski definition) is 2. The van der Waals surface area contributed by atoms with Crippen LogP contribution in [0.15, 0.2) is 24.3 Å². The topological polar surface area (TPSA) is 41.1 Å². The zero-order valence-electron chi connectivity index (χ0n) is 11.3. The molecule has 0 heterocycles. The largest absolute Gasteiger partial charge is 0.345 e. The van der Waals surface area contributed by atoms with Gasteiger partial charge in [0.2, 0.25) is 5.91 Å². The lowest BCUT2D eigenvalue weighted by atomic mass is 9.87. The van der Waals surface area contributed by atoms with Gasteiger partial charge in [0, 0.05) is 0 Å². The minimum atomic E-state index is -0.139. The van der Waals surface area contributed by atoms with Crippen molar-refractivity contribution in [3.05, 3.63) is 35.4 Å². The van der Waals surface area contributed by atoms with Crippen molar-refractivity contribution in [2.75, 3.05) is 13.6 Å². The third kappa shape index (κ3) is 2.72. The van der Waals surface area contributed by atoms with Gasteiger partial charge >= 0.3 is 0 Å². The second kappa shape index (κ2) is 5.53. The summed E-state index contributed by atoms with van der Waals surface area (Å²) in [5.74, 6) is 0.0842. The lowest BCUT2D eigenvalue weighted by Gasteiger charge is -2.31. The molecule has 1 amide bonds. The highest BCUT2D eigenvalue weighted by molar-refractivity contribution is 5.79. The summed E-state index contributed by atoms with van der Waals surface area (Å²) in [5, 5.41) is 6.14. The minimum Gasteiger partial charge on any atom is -0.345 e. The first-order valence-corrected chi connectivity index (χ1v) is 6.69. The van der Waals surface area contributed by atoms with Gasteiger partial charge in [-0.15, -0.1) is 0 Å². The van der Waals surface area contributed by atoms with Gasteiger partial charge in [-0.2, -0.15) is 0 Å². The fraction of sp³-hybridized carbons (Fsp3) is 0.533. The van der Waals surface area contributed by atoms with Crippen molar-refractivity contribution < 1.29 is 4.79 Å². The van der Waals surface area contributed by atoms with E-state index in [1.54, 1.807) is 7.05 Å². The monoisotopic (exact) mass is 246 g/mol. The Labute approximate surface area is 109 Å². The average molecular weight is 246 g/mol. The molecule has 2 rings (SSSR count). The normalized spacial score (nSPS) is 17.7. The summed E-state index contributed by atoms with van der Waals surface area (Å²) in [7, 11) is 1.80. The SMILES string of the molecule is CNCC(=O)NC1(c2cccc(C)c2)CCCC1. The zero-order chi connectivity index (χ0) is 13.0. The standard InChI is InChI=1S/C15H22N2O/c1-12-6-5-7-13(10-12)15(8-3-4-9-15)17-14(18)11-16-2/h5-7,10,16H,3-4,8-9,11H2,1-2H3,(H,17,18). The van der Waals surface area contributed by atoms with E-state index in [1.807, 2.05) is 0 Å². The third-order valence-corrected chi connectivity index (χ3v) is 3.74. The van der Waals surface area contributed by atoms with Gasteiger partial charge in [-0.25, -0.2) is 0 Å². The van der Waals surface area contributed by atoms with Crippen molar-refractivity contribution in [1.29, 1.82) is 0 Å². The van der Waals surface area contributed by atoms with E-state index in [1.165, 1.54) is 24.0 Å². The number of carbonyl (C=O) groups excluding carboxylic acids is 1. The maximum atomic E-state index is 11.9. The number of nitrogens with one attached hydrogen (secondary N) is 2. The molecular formula is C15H22N2O. The summed E-state index contributed by atoms with van der Waals surface area (Å²) in [6.07, 6.45) is 4.47. The summed E-state index contributed by atoms with van der Waals surface area (Å²) < 4.78 is 0. The molecule has 3 heteroatoms. The molecule has 0 spiro atoms. The van der Waals surface area contributed by atoms with Crippen LogP contribution in [0.3, 0.4) is 0 Å². The van der Waals surface area contributed by atoms with Gasteiger partial charge < -0.3 is 10.6 Å². The van der Waals surface area contributed by atoms with Gasteiger partial charge in [0.05, 0.1) is 12.1 Å². The number of hydrogen-bond acceptors (Lipinski definition) is 2. The highest BCUT2D eigenvalue weighted by Crippen LogP contribution is 2.38. The van der Waals surface area contributed by atoms with E-state index in [9.17, 15) is 4.79 Å². The average Bonchev–Trinajstić information content (AvgIpc) is 2.79. The number of amides is 1. The van der Waals surface area contributed by atoms with Crippen LogP contribution in [0, 0.1) is 6.92 Å². The van der Waals surface area contributed by atoms with Crippen LogP contribution < -0.4 is 10.6 Å². The Morgan fingerprint density at radius 3 is 2.67 bits per heavy atom. The third-order valence-electron chi connectivity index (χ3n) is 3.74. The highest BCUT2D eigenvalue weighted by Gasteiger charge is 2.36. The van der Waals surface area contributed by atoms with E-state index in [0.29, 0.717) is 6.54 Å². The fourth-order valence-corrected chi connectivity index (χ4v) is 2.88. The van der Waals surface area contributed by atoms with Gasteiger partial charge in [-0.1, -0.05) is 42.7 Å². The summed E-state index contributed by atoms with van der Waals surface area (Å²) in [6, 6.07) is 8.51. The van der Waals surface area contributed by atoms with Crippen molar-refractivity contribution in [3.63, 3.8) is 0 Å². The van der Waals surface area contributed by atoms with E-state index >= 15 is 0 Å². The van der Waals surface area contributed by atoms with Crippen molar-refractivity contribution >= 4 is 5.91 Å². The van der Waals surface area contributed by atoms with Crippen molar-refractivity contribution in [2.45, 2.75) is 38.1 Å². The Morgan fingerprint density at radius 2 is 2.06 bits per heavy atom. The predicted octanol–water partition coefficient (Wildman–Crippen LogP) is 2.10. The Kier molecular flexibility index (Phi) is 4.02. The molecule has 0 atom stereocenters. The van der Waals surface area contributed by atoms with Crippen LogP contribution in [0.5, 0.6) is 0 Å². The Morgan fingerprint density at radius 1 is 1.33 bits per heavy atom. The zero-order valence-corrected chi connectivity index (χ0v) is 11.3. The first-order valence-electron chi connectivity index (χ1n) is 6.69. The first-order chi connectivity index (χ1) is 8.66. The molecule has 0 aliphatic heterocycles. The maximum Gasteiger partial charge on any atom is 0.234 e. The van der Waals surface area contributed by atoms with Crippen LogP contribution in [0.4, 0.5) is 0 Å². The molecule has 3 nitrogen and oxygen atoms in total. The lowest BCUT2D eigenvalue weighted by Crippen LogP contribution is -2.46. The second-order valence-corrected chi connectivity index (χ2v) is 5.24. The first kappa shape index (κ1) is 13.1. The molecule has 1 aromatic carbocycles. The Balaban J connectivity index is 2.24. The van der Waals surface area contributed by atoms with Crippen LogP contribution in [0.1, 0.15) is 36.8 Å². The highest BCUT2D eigenvalue weighted by atomic mass is 16.2. The van der Waals surface area contributed by atoms with Crippen LogP contribution in [-0.2, 0) is 10.3 Å². The molecule has 0 unspecified atom stereocenters. The predicted molar refractivity (Wildman–Crippen MR) is 73.4 cm³/mol. The van der Waals surface area contributed by atoms with E-state index in [-0.39, 0.29) is 11.4 Å². The van der Waals surface area contributed by atoms with Gasteiger partial charge in [0.1, 0.15) is 0 Å². The van der Waals surface area contributed by atoms with Crippen molar-refractivity contribution in [2.24, 2.45) is 0 Å². The summed E-state index contributed by atoms with van der Waals surface area (Å²) >= 11 is 0. The van der Waals surface area contributed by atoms with Crippen molar-refractivity contribution in [3.8, 4) is 0 Å². The number of benzene rings is 1. The molecule has 98 valence electrons. The van der Waals surface area contributed by atoms with Crippen LogP contribution in [0.2, 0.25) is 0 Å². The summed E-state index contributed by atoms with van der Waals surface area (Å²) in [6.45, 7) is 2.48. The van der Waals surface area contributed by atoms with Crippen LogP contribution in [-0.4, -0.2) is 19.5 Å². The molecule has 18 heavy (non-hydrogen) atoms. The molecule has 0 radical (unpaired) electrons. The van der Waals surface area contributed by atoms with Gasteiger partial charge in [0.15, 0.2) is 0 Å². The summed E-state index contributed by atoms with van der Waals surface area (Å²) in [4.78, 5) is 11.9. The van der Waals surface area contributed by atoms with Gasteiger partial charge in [-0.05, 0) is 32.4 Å². The smallest absolute Gasteiger partial charge is 0.234 e. The molecule has 0 bridgehead atoms. The van der Waals surface area contributed by atoms with E-state index in [0.717, 1.165) is 12.8 Å². The maximum absolute atomic E-state index is 11.9. The molecule has 1 saturated carbocycles. The molecular weight excluding hydrogens is 224 g/mol. The number of rotatable bonds is 4. The lowest BCUT2D eigenvalue weighted by molar-refractivity contribution is -0.122. The van der Waals surface area contributed by atoms with E-state index < -0.39 is 0 Å². The van der Waals surface area contributed by atoms with Gasteiger partial charge in [-0.3, -0.25) is 4.79 Å². The van der Waals surface area contributed by atoms with Crippen molar-refractivity contribution in [1.82, 2.24) is 10.6 Å². The quantitative estimate of drug-likeness (QED) is 0.854. The minimum absolute atomic E-state index is 0.0842. The molecule has 0 aromatic heterocycles. The summed E-state index contributed by atoms with van der Waals surface area (Å²) in [5.41, 5.74) is 2.37. The number of aryl methyl sites for hydroxylation is 1. The van der Waals surface area contributed by atoms with E-state index in [4.69, 9.17) is 0 Å². The second-order valence-electron chi connectivity index (χ2n) is 5.24. The molecule has 2 N–H and O–H groups in total. The molecule has 1 aliphatic carbocycles. The molecule has 0 saturated heterocycles. The molecule has 1 aromatic rings. The number of likely N-dealkylation sites (N-methyl/N-ethyl adjacent to an activating group) is 1. The van der Waals surface area contributed by atoms with Gasteiger partial charge in [0.25, 0.3) is 0 Å². The fourth-order valence-electron chi connectivity index (χ4n) is 2.88. The van der Waals surface area contributed by atoms with Crippen LogP contribution in [0.25, 0.3) is 0 Å². The molecule has 1 aliphatic rings. The Bertz CT molecular complexity index is 422. The Hall–Kier alpha value is -1.35. The molecule has 1 fully saturated rings. The number of carbonyl (C=O) groups is 1. The van der Waals surface area contributed by atoms with Crippen LogP contribution >= 0.6 is 0 Å².